The van der Waals surface area contributed by atoms with Gasteiger partial charge in [-0.1, -0.05) is 0 Å². The van der Waals surface area contributed by atoms with Crippen molar-refractivity contribution in [2.24, 2.45) is 0 Å². The minimum absolute atomic E-state index is 0.501. The van der Waals surface area contributed by atoms with Crippen LogP contribution in [0.2, 0.25) is 0 Å². The molecule has 1 aromatic heterocycles. The van der Waals surface area contributed by atoms with E-state index in [4.69, 9.17) is 5.41 Å². The first-order valence-corrected chi connectivity index (χ1v) is 4.61. The molecule has 4 heteroatoms. The van der Waals surface area contributed by atoms with E-state index in [0.717, 1.165) is 11.4 Å². The van der Waals surface area contributed by atoms with Gasteiger partial charge in [0.05, 0.1) is 17.6 Å². The molecule has 0 aliphatic heterocycles. The van der Waals surface area contributed by atoms with Gasteiger partial charge < -0.3 is 5.41 Å². The first-order valence-electron chi connectivity index (χ1n) is 3.82. The predicted molar refractivity (Wildman–Crippen MR) is 56.9 cm³/mol. The topological polar surface area (TPSA) is 49.6 Å². The molecule has 1 heterocycles. The Hall–Kier alpha value is -1.03. The summed E-state index contributed by atoms with van der Waals surface area (Å²) >= 11 is 3.24. The Kier molecular flexibility index (Phi) is 3.31. The highest BCUT2D eigenvalue weighted by Crippen LogP contribution is 2.09. The molecule has 0 unspecified atom stereocenters. The molecule has 0 bridgehead atoms. The first-order chi connectivity index (χ1) is 6.09. The van der Waals surface area contributed by atoms with Crippen molar-refractivity contribution in [2.45, 2.75) is 13.8 Å². The summed E-state index contributed by atoms with van der Waals surface area (Å²) in [6.45, 7) is 3.61. The molecule has 0 atom stereocenters. The average molecular weight is 240 g/mol. The number of aryl methyl sites for hydroxylation is 1. The summed E-state index contributed by atoms with van der Waals surface area (Å²) in [6, 6.07) is 0. The van der Waals surface area contributed by atoms with Crippen molar-refractivity contribution in [2.75, 3.05) is 0 Å². The quantitative estimate of drug-likeness (QED) is 0.807. The van der Waals surface area contributed by atoms with E-state index in [1.54, 1.807) is 25.3 Å². The maximum atomic E-state index is 7.22. The fourth-order valence-corrected chi connectivity index (χ4v) is 1.10. The number of nitrogens with one attached hydrogen (secondary N) is 1. The van der Waals surface area contributed by atoms with E-state index in [1.165, 1.54) is 0 Å². The predicted octanol–water partition coefficient (Wildman–Crippen LogP) is 2.60. The molecule has 1 aromatic rings. The molecule has 0 saturated carbocycles. The lowest BCUT2D eigenvalue weighted by molar-refractivity contribution is 1.07. The molecule has 0 saturated heterocycles. The summed E-state index contributed by atoms with van der Waals surface area (Å²) in [5.74, 6) is 0. The van der Waals surface area contributed by atoms with Crippen LogP contribution >= 0.6 is 15.9 Å². The lowest BCUT2D eigenvalue weighted by atomic mass is 10.2. The van der Waals surface area contributed by atoms with Crippen molar-refractivity contribution >= 4 is 27.7 Å². The molecule has 0 aliphatic rings. The molecular formula is C9H10BrN3. The number of allylic oxidation sites excluding steroid dienone is 1. The van der Waals surface area contributed by atoms with Crippen molar-refractivity contribution in [3.8, 4) is 0 Å². The Labute approximate surface area is 85.6 Å². The van der Waals surface area contributed by atoms with Crippen LogP contribution in [-0.2, 0) is 0 Å². The van der Waals surface area contributed by atoms with Crippen molar-refractivity contribution in [3.05, 3.63) is 28.3 Å². The standard InChI is InChI=1S/C9H10BrN3/c1-6(11)3-4-8-7(2)12-5-9(10)13-8/h3-5,11H,1-2H3/b4-3-,11-6?. The van der Waals surface area contributed by atoms with Gasteiger partial charge in [0.2, 0.25) is 0 Å². The zero-order chi connectivity index (χ0) is 9.84. The maximum Gasteiger partial charge on any atom is 0.125 e. The number of rotatable bonds is 2. The largest absolute Gasteiger partial charge is 0.306 e. The van der Waals surface area contributed by atoms with Crippen LogP contribution in [-0.4, -0.2) is 15.7 Å². The van der Waals surface area contributed by atoms with Crippen LogP contribution in [0.1, 0.15) is 18.3 Å². The summed E-state index contributed by atoms with van der Waals surface area (Å²) < 4.78 is 0.709. The summed E-state index contributed by atoms with van der Waals surface area (Å²) in [4.78, 5) is 8.34. The van der Waals surface area contributed by atoms with Gasteiger partial charge in [0.25, 0.3) is 0 Å². The highest BCUT2D eigenvalue weighted by molar-refractivity contribution is 9.10. The summed E-state index contributed by atoms with van der Waals surface area (Å²) in [7, 11) is 0. The molecule has 0 spiro atoms. The molecule has 0 aromatic carbocycles. The minimum atomic E-state index is 0.501. The minimum Gasteiger partial charge on any atom is -0.306 e. The van der Waals surface area contributed by atoms with Gasteiger partial charge in [-0.25, -0.2) is 4.98 Å². The van der Waals surface area contributed by atoms with Crippen molar-refractivity contribution in [1.29, 1.82) is 5.41 Å². The van der Waals surface area contributed by atoms with E-state index >= 15 is 0 Å². The number of hydrogen-bond donors (Lipinski definition) is 1. The zero-order valence-electron chi connectivity index (χ0n) is 7.50. The van der Waals surface area contributed by atoms with E-state index in [-0.39, 0.29) is 0 Å². The van der Waals surface area contributed by atoms with Gasteiger partial charge in [0, 0.05) is 5.71 Å². The van der Waals surface area contributed by atoms with Crippen LogP contribution < -0.4 is 0 Å². The fourth-order valence-electron chi connectivity index (χ4n) is 0.803. The molecule has 0 fully saturated rings. The first kappa shape index (κ1) is 10.1. The van der Waals surface area contributed by atoms with Crippen LogP contribution in [0.15, 0.2) is 16.9 Å². The second-order valence-electron chi connectivity index (χ2n) is 2.68. The Bertz CT molecular complexity index is 358. The summed E-state index contributed by atoms with van der Waals surface area (Å²) in [6.07, 6.45) is 5.14. The van der Waals surface area contributed by atoms with Crippen molar-refractivity contribution < 1.29 is 0 Å². The van der Waals surface area contributed by atoms with Crippen molar-refractivity contribution in [3.63, 3.8) is 0 Å². The normalized spacial score (nSPS) is 10.7. The van der Waals surface area contributed by atoms with Crippen LogP contribution in [0.4, 0.5) is 0 Å². The third-order valence-electron chi connectivity index (χ3n) is 1.45. The van der Waals surface area contributed by atoms with Gasteiger partial charge in [0.15, 0.2) is 0 Å². The van der Waals surface area contributed by atoms with Crippen LogP contribution in [0.5, 0.6) is 0 Å². The SMILES string of the molecule is CC(=N)/C=C\c1nc(Br)cnc1C. The Balaban J connectivity index is 3.00. The van der Waals surface area contributed by atoms with Gasteiger partial charge >= 0.3 is 0 Å². The summed E-state index contributed by atoms with van der Waals surface area (Å²) in [5.41, 5.74) is 2.16. The molecule has 1 N–H and O–H groups in total. The van der Waals surface area contributed by atoms with E-state index in [2.05, 4.69) is 25.9 Å². The molecule has 68 valence electrons. The molecule has 13 heavy (non-hydrogen) atoms. The average Bonchev–Trinajstić information content (AvgIpc) is 2.06. The second kappa shape index (κ2) is 4.28. The van der Waals surface area contributed by atoms with Crippen molar-refractivity contribution in [1.82, 2.24) is 9.97 Å². The monoisotopic (exact) mass is 239 g/mol. The van der Waals surface area contributed by atoms with Gasteiger partial charge in [0.1, 0.15) is 4.60 Å². The lowest BCUT2D eigenvalue weighted by Crippen LogP contribution is -1.91. The van der Waals surface area contributed by atoms with E-state index in [1.807, 2.05) is 6.92 Å². The summed E-state index contributed by atoms with van der Waals surface area (Å²) in [5, 5.41) is 7.22. The molecular weight excluding hydrogens is 230 g/mol. The van der Waals surface area contributed by atoms with Crippen LogP contribution in [0.25, 0.3) is 6.08 Å². The number of hydrogen-bond acceptors (Lipinski definition) is 3. The van der Waals surface area contributed by atoms with E-state index in [9.17, 15) is 0 Å². The number of nitrogens with zero attached hydrogens (tertiary/aromatic N) is 2. The van der Waals surface area contributed by atoms with Crippen LogP contribution in [0.3, 0.4) is 0 Å². The number of aromatic nitrogens is 2. The molecule has 0 amide bonds. The Morgan fingerprint density at radius 3 is 2.92 bits per heavy atom. The number of halogens is 1. The second-order valence-corrected chi connectivity index (χ2v) is 3.49. The smallest absolute Gasteiger partial charge is 0.125 e. The van der Waals surface area contributed by atoms with Gasteiger partial charge in [-0.2, -0.15) is 0 Å². The molecule has 3 nitrogen and oxygen atoms in total. The molecule has 0 radical (unpaired) electrons. The van der Waals surface area contributed by atoms with Gasteiger partial charge in [-0.3, -0.25) is 4.98 Å². The van der Waals surface area contributed by atoms with Gasteiger partial charge in [-0.15, -0.1) is 0 Å². The van der Waals surface area contributed by atoms with Crippen LogP contribution in [0, 0.1) is 12.3 Å². The van der Waals surface area contributed by atoms with Gasteiger partial charge in [-0.05, 0) is 41.9 Å². The maximum absolute atomic E-state index is 7.22. The third kappa shape index (κ3) is 3.06. The molecule has 1 rings (SSSR count). The highest BCUT2D eigenvalue weighted by atomic mass is 79.9. The Morgan fingerprint density at radius 2 is 2.31 bits per heavy atom. The zero-order valence-corrected chi connectivity index (χ0v) is 9.09. The fraction of sp³-hybridized carbons (Fsp3) is 0.222. The lowest BCUT2D eigenvalue weighted by Gasteiger charge is -1.98. The third-order valence-corrected chi connectivity index (χ3v) is 1.84. The highest BCUT2D eigenvalue weighted by Gasteiger charge is 1.97. The molecule has 0 aliphatic carbocycles. The van der Waals surface area contributed by atoms with E-state index in [0.29, 0.717) is 10.3 Å². The Morgan fingerprint density at radius 1 is 1.62 bits per heavy atom. The van der Waals surface area contributed by atoms with E-state index < -0.39 is 0 Å².